The lowest BCUT2D eigenvalue weighted by Crippen LogP contribution is -2.33. The zero-order chi connectivity index (χ0) is 19.1. The Morgan fingerprint density at radius 3 is 2.37 bits per heavy atom. The van der Waals surface area contributed by atoms with Crippen LogP contribution in [0.4, 0.5) is 0 Å². The van der Waals surface area contributed by atoms with Crippen LogP contribution in [0, 0.1) is 18.4 Å². The summed E-state index contributed by atoms with van der Waals surface area (Å²) in [6.45, 7) is 4.42. The van der Waals surface area contributed by atoms with Crippen molar-refractivity contribution in [2.24, 2.45) is 0 Å². The molecule has 1 heterocycles. The molecule has 1 fully saturated rings. The lowest BCUT2D eigenvalue weighted by atomic mass is 9.98. The smallest absolute Gasteiger partial charge is 0.295 e. The zero-order valence-electron chi connectivity index (χ0n) is 16.4. The molecule has 3 heteroatoms. The van der Waals surface area contributed by atoms with Crippen molar-refractivity contribution in [3.8, 4) is 11.5 Å². The molecule has 0 aromatic heterocycles. The van der Waals surface area contributed by atoms with Crippen molar-refractivity contribution >= 4 is 14.0 Å². The topological polar surface area (TPSA) is 29.1 Å². The van der Waals surface area contributed by atoms with Gasteiger partial charge in [0, 0.05) is 0 Å². The number of carbonyl (C=O) groups is 1. The Balaban J connectivity index is 1.73. The van der Waals surface area contributed by atoms with Gasteiger partial charge in [-0.1, -0.05) is 86.0 Å². The fourth-order valence-electron chi connectivity index (χ4n) is 3.76. The van der Waals surface area contributed by atoms with Gasteiger partial charge in [0.2, 0.25) is 0 Å². The molecule has 0 aliphatic carbocycles. The number of rotatable bonds is 4. The summed E-state index contributed by atoms with van der Waals surface area (Å²) in [5, 5.41) is 3.16. The molecule has 1 N–H and O–H groups in total. The molecule has 27 heavy (non-hydrogen) atoms. The molecule has 0 radical (unpaired) electrons. The first kappa shape index (κ1) is 19.4. The molecule has 1 unspecified atom stereocenters. The minimum Gasteiger partial charge on any atom is -0.338 e. The molecule has 2 nitrogen and oxygen atoms in total. The standard InChI is InChI=1S/C24H29NOSi/c1-20-11-13-21(14-12-20)19-23(22-9-5-3-6-10-22)25-24(26)15-18-27(2)16-7-4-8-17-27/h3,5-6,9-14,23H,4,7-8,16-17,19H2,1-2H3,(H,25,26). The zero-order valence-corrected chi connectivity index (χ0v) is 17.4. The van der Waals surface area contributed by atoms with Gasteiger partial charge in [0.25, 0.3) is 5.91 Å². The molecule has 1 saturated heterocycles. The van der Waals surface area contributed by atoms with Crippen molar-refractivity contribution < 1.29 is 4.79 Å². The maximum Gasteiger partial charge on any atom is 0.295 e. The molecule has 1 atom stereocenters. The van der Waals surface area contributed by atoms with Gasteiger partial charge < -0.3 is 5.32 Å². The van der Waals surface area contributed by atoms with Gasteiger partial charge in [-0.05, 0) is 42.5 Å². The monoisotopic (exact) mass is 375 g/mol. The molecule has 0 bridgehead atoms. The van der Waals surface area contributed by atoms with Gasteiger partial charge in [-0.2, -0.15) is 0 Å². The molecule has 1 aliphatic rings. The highest BCUT2D eigenvalue weighted by Crippen LogP contribution is 2.27. The summed E-state index contributed by atoms with van der Waals surface area (Å²) in [5.74, 6) is 2.81. The van der Waals surface area contributed by atoms with Crippen LogP contribution < -0.4 is 5.32 Å². The molecule has 2 aromatic rings. The van der Waals surface area contributed by atoms with E-state index in [9.17, 15) is 4.79 Å². The third-order valence-corrected chi connectivity index (χ3v) is 9.15. The molecule has 2 aromatic carbocycles. The van der Waals surface area contributed by atoms with Gasteiger partial charge in [0.15, 0.2) is 0 Å². The van der Waals surface area contributed by atoms with Crippen molar-refractivity contribution in [2.45, 2.75) is 57.3 Å². The summed E-state index contributed by atoms with van der Waals surface area (Å²) in [4.78, 5) is 12.6. The second kappa shape index (κ2) is 9.06. The Morgan fingerprint density at radius 2 is 1.70 bits per heavy atom. The van der Waals surface area contributed by atoms with E-state index in [2.05, 4.69) is 66.6 Å². The summed E-state index contributed by atoms with van der Waals surface area (Å²) in [5.41, 5.74) is 6.99. The summed E-state index contributed by atoms with van der Waals surface area (Å²) in [6.07, 6.45) is 4.65. The van der Waals surface area contributed by atoms with E-state index >= 15 is 0 Å². The Hall–Kier alpha value is -2.31. The Morgan fingerprint density at radius 1 is 1.04 bits per heavy atom. The van der Waals surface area contributed by atoms with E-state index in [1.165, 1.54) is 42.5 Å². The molecule has 3 rings (SSSR count). The average Bonchev–Trinajstić information content (AvgIpc) is 2.69. The highest BCUT2D eigenvalue weighted by molar-refractivity contribution is 6.86. The number of hydrogen-bond acceptors (Lipinski definition) is 1. The van der Waals surface area contributed by atoms with E-state index in [0.29, 0.717) is 0 Å². The number of aryl methyl sites for hydroxylation is 1. The summed E-state index contributed by atoms with van der Waals surface area (Å²) < 4.78 is 0. The molecular formula is C24H29NOSi. The fourth-order valence-corrected chi connectivity index (χ4v) is 6.73. The quantitative estimate of drug-likeness (QED) is 0.577. The van der Waals surface area contributed by atoms with Crippen molar-refractivity contribution in [3.63, 3.8) is 0 Å². The Bertz CT molecular complexity index is 811. The first-order chi connectivity index (χ1) is 13.0. The first-order valence-electron chi connectivity index (χ1n) is 9.98. The van der Waals surface area contributed by atoms with Crippen LogP contribution in [0.1, 0.15) is 42.0 Å². The average molecular weight is 376 g/mol. The summed E-state index contributed by atoms with van der Waals surface area (Å²) in [6, 6.07) is 21.1. The SMILES string of the molecule is Cc1ccc(CC(NC(=O)C#C[Si]2(C)CCCCC2)c2ccccc2)cc1. The van der Waals surface area contributed by atoms with E-state index in [0.717, 1.165) is 12.0 Å². The number of benzene rings is 2. The highest BCUT2D eigenvalue weighted by atomic mass is 28.3. The highest BCUT2D eigenvalue weighted by Gasteiger charge is 2.27. The first-order valence-corrected chi connectivity index (χ1v) is 12.9. The molecule has 0 saturated carbocycles. The van der Waals surface area contributed by atoms with Gasteiger partial charge in [-0.25, -0.2) is 0 Å². The van der Waals surface area contributed by atoms with Gasteiger partial charge >= 0.3 is 0 Å². The van der Waals surface area contributed by atoms with Crippen LogP contribution in [0.5, 0.6) is 0 Å². The lowest BCUT2D eigenvalue weighted by Gasteiger charge is -2.25. The molecule has 140 valence electrons. The normalized spacial score (nSPS) is 16.7. The lowest BCUT2D eigenvalue weighted by molar-refractivity contribution is -0.116. The maximum atomic E-state index is 12.6. The predicted molar refractivity (Wildman–Crippen MR) is 115 cm³/mol. The number of carbonyl (C=O) groups excluding carboxylic acids is 1. The maximum absolute atomic E-state index is 12.6. The van der Waals surface area contributed by atoms with E-state index in [1.54, 1.807) is 0 Å². The van der Waals surface area contributed by atoms with Crippen molar-refractivity contribution in [1.82, 2.24) is 5.32 Å². The Labute approximate surface area is 164 Å². The number of nitrogens with one attached hydrogen (secondary N) is 1. The van der Waals surface area contributed by atoms with Crippen LogP contribution in [0.2, 0.25) is 18.6 Å². The minimum atomic E-state index is -1.53. The largest absolute Gasteiger partial charge is 0.338 e. The van der Waals surface area contributed by atoms with E-state index in [1.807, 2.05) is 18.2 Å². The van der Waals surface area contributed by atoms with E-state index in [-0.39, 0.29) is 11.9 Å². The summed E-state index contributed by atoms with van der Waals surface area (Å²) in [7, 11) is -1.53. The van der Waals surface area contributed by atoms with Crippen molar-refractivity contribution in [3.05, 3.63) is 71.3 Å². The van der Waals surface area contributed by atoms with Crippen LogP contribution in [-0.2, 0) is 11.2 Å². The van der Waals surface area contributed by atoms with E-state index < -0.39 is 8.07 Å². The molecule has 1 aliphatic heterocycles. The van der Waals surface area contributed by atoms with Crippen molar-refractivity contribution in [1.29, 1.82) is 0 Å². The predicted octanol–water partition coefficient (Wildman–Crippen LogP) is 5.20. The van der Waals surface area contributed by atoms with Gasteiger partial charge in [-0.15, -0.1) is 5.54 Å². The van der Waals surface area contributed by atoms with Crippen molar-refractivity contribution in [2.75, 3.05) is 0 Å². The molecular weight excluding hydrogens is 346 g/mol. The second-order valence-electron chi connectivity index (χ2n) is 8.00. The summed E-state index contributed by atoms with van der Waals surface area (Å²) >= 11 is 0. The third kappa shape index (κ3) is 5.84. The van der Waals surface area contributed by atoms with Crippen LogP contribution in [0.25, 0.3) is 0 Å². The Kier molecular flexibility index (Phi) is 6.52. The van der Waals surface area contributed by atoms with Crippen LogP contribution in [-0.4, -0.2) is 14.0 Å². The fraction of sp³-hybridized carbons (Fsp3) is 0.375. The second-order valence-corrected chi connectivity index (χ2v) is 12.4. The van der Waals surface area contributed by atoms with Crippen LogP contribution >= 0.6 is 0 Å². The van der Waals surface area contributed by atoms with Gasteiger partial charge in [0.1, 0.15) is 8.07 Å². The van der Waals surface area contributed by atoms with Crippen LogP contribution in [0.15, 0.2) is 54.6 Å². The number of amides is 1. The number of hydrogen-bond donors (Lipinski definition) is 1. The third-order valence-electron chi connectivity index (χ3n) is 5.50. The van der Waals surface area contributed by atoms with Gasteiger partial charge in [0.05, 0.1) is 6.04 Å². The van der Waals surface area contributed by atoms with E-state index in [4.69, 9.17) is 0 Å². The molecule has 0 spiro atoms. The molecule has 1 amide bonds. The van der Waals surface area contributed by atoms with Crippen LogP contribution in [0.3, 0.4) is 0 Å². The van der Waals surface area contributed by atoms with Gasteiger partial charge in [-0.3, -0.25) is 4.79 Å². The minimum absolute atomic E-state index is 0.0588.